The molecule has 0 aliphatic carbocycles. The van der Waals surface area contributed by atoms with E-state index in [-0.39, 0.29) is 48.8 Å². The van der Waals surface area contributed by atoms with E-state index in [0.29, 0.717) is 19.7 Å². The standard InChI is InChI=1S/C20H22F2N4O3/c21-20(22)8-15(12-29-11-14-4-2-1-3-5-14)26(13-20)16-9-25(10-16)19(28)17-6-7-18(27)24-23-17/h1-7,15-16H,8-13H2,(H,24,27)/t15-/m0/s1. The first-order valence-electron chi connectivity index (χ1n) is 9.51. The number of ether oxygens (including phenoxy) is 1. The van der Waals surface area contributed by atoms with Crippen LogP contribution in [-0.2, 0) is 11.3 Å². The number of hydrogen-bond donors (Lipinski definition) is 1. The number of rotatable bonds is 6. The molecule has 0 unspecified atom stereocenters. The fourth-order valence-corrected chi connectivity index (χ4v) is 3.85. The minimum absolute atomic E-state index is 0.137. The van der Waals surface area contributed by atoms with E-state index < -0.39 is 5.92 Å². The second kappa shape index (κ2) is 8.00. The molecule has 0 bridgehead atoms. The highest BCUT2D eigenvalue weighted by Crippen LogP contribution is 2.35. The molecule has 29 heavy (non-hydrogen) atoms. The Balaban J connectivity index is 1.32. The number of carbonyl (C=O) groups excluding carboxylic acids is 1. The van der Waals surface area contributed by atoms with Crippen molar-refractivity contribution < 1.29 is 18.3 Å². The van der Waals surface area contributed by atoms with Gasteiger partial charge in [0.1, 0.15) is 5.69 Å². The van der Waals surface area contributed by atoms with E-state index in [1.165, 1.54) is 12.1 Å². The molecule has 4 rings (SSSR count). The summed E-state index contributed by atoms with van der Waals surface area (Å²) < 4.78 is 33.8. The zero-order chi connectivity index (χ0) is 20.4. The van der Waals surface area contributed by atoms with Crippen molar-refractivity contribution in [3.05, 3.63) is 64.1 Å². The second-order valence-electron chi connectivity index (χ2n) is 7.56. The fourth-order valence-electron chi connectivity index (χ4n) is 3.85. The smallest absolute Gasteiger partial charge is 0.274 e. The SMILES string of the molecule is O=C(c1ccc(=O)[nH]n1)N1CC(N2CC(F)(F)C[C@H]2COCc2ccccc2)C1. The largest absolute Gasteiger partial charge is 0.375 e. The first kappa shape index (κ1) is 19.7. The van der Waals surface area contributed by atoms with Gasteiger partial charge in [-0.2, -0.15) is 5.10 Å². The van der Waals surface area contributed by atoms with Crippen LogP contribution in [0.15, 0.2) is 47.3 Å². The van der Waals surface area contributed by atoms with E-state index >= 15 is 0 Å². The van der Waals surface area contributed by atoms with Gasteiger partial charge in [0, 0.05) is 37.7 Å². The second-order valence-corrected chi connectivity index (χ2v) is 7.56. The molecule has 9 heteroatoms. The molecule has 1 atom stereocenters. The first-order valence-corrected chi connectivity index (χ1v) is 9.51. The van der Waals surface area contributed by atoms with Gasteiger partial charge in [0.25, 0.3) is 17.4 Å². The number of amides is 1. The zero-order valence-corrected chi connectivity index (χ0v) is 15.8. The van der Waals surface area contributed by atoms with Gasteiger partial charge >= 0.3 is 0 Å². The molecule has 2 saturated heterocycles. The Kier molecular flexibility index (Phi) is 5.42. The molecule has 0 spiro atoms. The average molecular weight is 404 g/mol. The lowest BCUT2D eigenvalue weighted by Crippen LogP contribution is -2.62. The third-order valence-electron chi connectivity index (χ3n) is 5.36. The zero-order valence-electron chi connectivity index (χ0n) is 15.8. The third kappa shape index (κ3) is 4.51. The summed E-state index contributed by atoms with van der Waals surface area (Å²) in [6.07, 6.45) is -0.242. The summed E-state index contributed by atoms with van der Waals surface area (Å²) in [5.41, 5.74) is 0.746. The molecule has 7 nitrogen and oxygen atoms in total. The number of hydrogen-bond acceptors (Lipinski definition) is 5. The van der Waals surface area contributed by atoms with Crippen LogP contribution >= 0.6 is 0 Å². The van der Waals surface area contributed by atoms with Crippen LogP contribution in [0.25, 0.3) is 0 Å². The number of nitrogens with zero attached hydrogens (tertiary/aromatic N) is 3. The van der Waals surface area contributed by atoms with Gasteiger partial charge in [-0.25, -0.2) is 13.9 Å². The summed E-state index contributed by atoms with van der Waals surface area (Å²) in [6.45, 7) is 0.978. The Morgan fingerprint density at radius 2 is 1.97 bits per heavy atom. The summed E-state index contributed by atoms with van der Waals surface area (Å²) in [4.78, 5) is 26.8. The number of aromatic amines is 1. The minimum Gasteiger partial charge on any atom is -0.375 e. The molecule has 1 aromatic carbocycles. The van der Waals surface area contributed by atoms with Crippen LogP contribution in [0, 0.1) is 0 Å². The highest BCUT2D eigenvalue weighted by Gasteiger charge is 2.50. The van der Waals surface area contributed by atoms with Crippen molar-refractivity contribution in [1.29, 1.82) is 0 Å². The molecule has 3 heterocycles. The number of nitrogens with one attached hydrogen (secondary N) is 1. The predicted molar refractivity (Wildman–Crippen MR) is 101 cm³/mol. The number of H-pyrrole nitrogens is 1. The Bertz CT molecular complexity index is 895. The van der Waals surface area contributed by atoms with E-state index in [0.717, 1.165) is 5.56 Å². The topological polar surface area (TPSA) is 78.5 Å². The summed E-state index contributed by atoms with van der Waals surface area (Å²) in [6, 6.07) is 11.7. The van der Waals surface area contributed by atoms with Crippen molar-refractivity contribution in [3.8, 4) is 0 Å². The highest BCUT2D eigenvalue weighted by molar-refractivity contribution is 5.92. The summed E-state index contributed by atoms with van der Waals surface area (Å²) in [5, 5.41) is 5.95. The Hall–Kier alpha value is -2.65. The summed E-state index contributed by atoms with van der Waals surface area (Å²) >= 11 is 0. The van der Waals surface area contributed by atoms with Gasteiger partial charge in [0.15, 0.2) is 0 Å². The van der Waals surface area contributed by atoms with E-state index in [1.807, 2.05) is 30.3 Å². The predicted octanol–water partition coefficient (Wildman–Crippen LogP) is 1.52. The van der Waals surface area contributed by atoms with Crippen LogP contribution in [0.5, 0.6) is 0 Å². The van der Waals surface area contributed by atoms with Gasteiger partial charge in [-0.1, -0.05) is 30.3 Å². The molecule has 1 amide bonds. The monoisotopic (exact) mass is 404 g/mol. The number of alkyl halides is 2. The van der Waals surface area contributed by atoms with Crippen LogP contribution in [0.2, 0.25) is 0 Å². The molecule has 2 aliphatic rings. The maximum absolute atomic E-state index is 14.1. The molecule has 2 aliphatic heterocycles. The molecule has 2 fully saturated rings. The lowest BCUT2D eigenvalue weighted by atomic mass is 10.1. The van der Waals surface area contributed by atoms with Gasteiger partial charge in [-0.3, -0.25) is 14.5 Å². The minimum atomic E-state index is -2.76. The van der Waals surface area contributed by atoms with E-state index in [1.54, 1.807) is 9.80 Å². The van der Waals surface area contributed by atoms with Crippen molar-refractivity contribution >= 4 is 5.91 Å². The van der Waals surface area contributed by atoms with E-state index in [9.17, 15) is 18.4 Å². The number of benzene rings is 1. The molecule has 2 aromatic rings. The number of aromatic nitrogens is 2. The number of likely N-dealkylation sites (tertiary alicyclic amines) is 2. The lowest BCUT2D eigenvalue weighted by molar-refractivity contribution is -0.0163. The third-order valence-corrected chi connectivity index (χ3v) is 5.36. The van der Waals surface area contributed by atoms with Crippen molar-refractivity contribution in [2.45, 2.75) is 31.0 Å². The Morgan fingerprint density at radius 3 is 2.66 bits per heavy atom. The van der Waals surface area contributed by atoms with Gasteiger partial charge < -0.3 is 9.64 Å². The molecular weight excluding hydrogens is 382 g/mol. The summed E-state index contributed by atoms with van der Waals surface area (Å²) in [7, 11) is 0. The maximum atomic E-state index is 14.1. The van der Waals surface area contributed by atoms with E-state index in [2.05, 4.69) is 10.2 Å². The Labute approximate surface area is 166 Å². The average Bonchev–Trinajstić information content (AvgIpc) is 2.96. The lowest BCUT2D eigenvalue weighted by Gasteiger charge is -2.45. The molecule has 0 saturated carbocycles. The van der Waals surface area contributed by atoms with Crippen LogP contribution < -0.4 is 5.56 Å². The Morgan fingerprint density at radius 1 is 1.21 bits per heavy atom. The molecular formula is C20H22F2N4O3. The van der Waals surface area contributed by atoms with Gasteiger partial charge in [0.2, 0.25) is 0 Å². The van der Waals surface area contributed by atoms with Crippen molar-refractivity contribution in [2.75, 3.05) is 26.2 Å². The normalized spacial score (nSPS) is 21.9. The van der Waals surface area contributed by atoms with Crippen LogP contribution in [0.1, 0.15) is 22.5 Å². The quantitative estimate of drug-likeness (QED) is 0.790. The van der Waals surface area contributed by atoms with Crippen LogP contribution in [-0.4, -0.2) is 70.2 Å². The molecule has 1 N–H and O–H groups in total. The van der Waals surface area contributed by atoms with Crippen LogP contribution in [0.3, 0.4) is 0 Å². The van der Waals surface area contributed by atoms with Crippen molar-refractivity contribution in [1.82, 2.24) is 20.0 Å². The van der Waals surface area contributed by atoms with E-state index in [4.69, 9.17) is 4.74 Å². The van der Waals surface area contributed by atoms with Crippen molar-refractivity contribution in [2.24, 2.45) is 0 Å². The first-order chi connectivity index (χ1) is 13.9. The maximum Gasteiger partial charge on any atom is 0.274 e. The number of halogens is 2. The molecule has 154 valence electrons. The molecule has 0 radical (unpaired) electrons. The highest BCUT2D eigenvalue weighted by atomic mass is 19.3. The fraction of sp³-hybridized carbons (Fsp3) is 0.450. The van der Waals surface area contributed by atoms with Gasteiger partial charge in [0.05, 0.1) is 19.8 Å². The summed E-state index contributed by atoms with van der Waals surface area (Å²) in [5.74, 6) is -3.08. The van der Waals surface area contributed by atoms with Gasteiger partial charge in [-0.15, -0.1) is 0 Å². The number of carbonyl (C=O) groups is 1. The van der Waals surface area contributed by atoms with Gasteiger partial charge in [-0.05, 0) is 11.6 Å². The molecule has 1 aromatic heterocycles. The van der Waals surface area contributed by atoms with Crippen LogP contribution in [0.4, 0.5) is 8.78 Å². The van der Waals surface area contributed by atoms with Crippen molar-refractivity contribution in [3.63, 3.8) is 0 Å².